The van der Waals surface area contributed by atoms with E-state index in [9.17, 15) is 20.6 Å². The van der Waals surface area contributed by atoms with E-state index in [1.807, 2.05) is 0 Å². The van der Waals surface area contributed by atoms with E-state index in [-0.39, 0.29) is 34.6 Å². The van der Waals surface area contributed by atoms with Crippen molar-refractivity contribution in [3.8, 4) is 0 Å². The summed E-state index contributed by atoms with van der Waals surface area (Å²) in [6.07, 6.45) is 3.55. The molecule has 24 heavy (non-hydrogen) atoms. The van der Waals surface area contributed by atoms with Gasteiger partial charge in [0, 0.05) is 24.0 Å². The van der Waals surface area contributed by atoms with Crippen LogP contribution in [-0.4, -0.2) is 93.4 Å². The van der Waals surface area contributed by atoms with Gasteiger partial charge in [-0.1, -0.05) is 0 Å². The van der Waals surface area contributed by atoms with Gasteiger partial charge in [0.25, 0.3) is 0 Å². The van der Waals surface area contributed by atoms with Gasteiger partial charge in [0.1, 0.15) is 24.3 Å². The summed E-state index contributed by atoms with van der Waals surface area (Å²) >= 11 is 0. The fourth-order valence-electron chi connectivity index (χ4n) is 4.53. The highest BCUT2D eigenvalue weighted by Gasteiger charge is 2.47. The molecule has 0 aromatic rings. The van der Waals surface area contributed by atoms with Gasteiger partial charge in [-0.05, 0) is 12.2 Å². The molecule has 8 nitrogen and oxygen atoms in total. The molecule has 0 spiro atoms. The Balaban J connectivity index is 0.000000141. The summed E-state index contributed by atoms with van der Waals surface area (Å²) in [6.45, 7) is 1.60. The van der Waals surface area contributed by atoms with Crippen LogP contribution >= 0.6 is 0 Å². The van der Waals surface area contributed by atoms with Crippen LogP contribution in [-0.2, 0) is 0 Å². The Morgan fingerprint density at radius 1 is 0.833 bits per heavy atom. The van der Waals surface area contributed by atoms with Gasteiger partial charge in [-0.3, -0.25) is 0 Å². The van der Waals surface area contributed by atoms with Crippen LogP contribution in [0.4, 0.5) is 0 Å². The molecule has 8 heteroatoms. The second-order valence-electron chi connectivity index (χ2n) is 7.19. The first kappa shape index (κ1) is 18.0. The van der Waals surface area contributed by atoms with Gasteiger partial charge in [-0.2, -0.15) is 0 Å². The minimum Gasteiger partial charge on any atom is -0.632 e. The van der Waals surface area contributed by atoms with Crippen LogP contribution in [0.1, 0.15) is 12.8 Å². The van der Waals surface area contributed by atoms with Gasteiger partial charge in [0.2, 0.25) is 0 Å². The molecular formula is C16H26N2O6. The van der Waals surface area contributed by atoms with Gasteiger partial charge >= 0.3 is 0 Å². The van der Waals surface area contributed by atoms with E-state index in [0.29, 0.717) is 39.0 Å². The molecule has 2 saturated heterocycles. The van der Waals surface area contributed by atoms with Crippen LogP contribution in [0.25, 0.3) is 0 Å². The third-order valence-electron chi connectivity index (χ3n) is 5.80. The fraction of sp³-hybridized carbons (Fsp3) is 0.750. The molecule has 4 rings (SSSR count). The van der Waals surface area contributed by atoms with Crippen molar-refractivity contribution in [1.29, 1.82) is 0 Å². The zero-order chi connectivity index (χ0) is 17.5. The van der Waals surface area contributed by atoms with Gasteiger partial charge in [-0.25, -0.2) is 0 Å². The summed E-state index contributed by atoms with van der Waals surface area (Å²) in [5.41, 5.74) is 1.44. The number of rotatable bonds is 2. The summed E-state index contributed by atoms with van der Waals surface area (Å²) < 4.78 is -0.700. The van der Waals surface area contributed by atoms with Crippen molar-refractivity contribution < 1.29 is 29.7 Å². The molecule has 2 fully saturated rings. The number of aliphatic hydroxyl groups is 4. The Morgan fingerprint density at radius 3 is 1.54 bits per heavy atom. The predicted molar refractivity (Wildman–Crippen MR) is 85.9 cm³/mol. The van der Waals surface area contributed by atoms with E-state index in [0.717, 1.165) is 11.1 Å². The van der Waals surface area contributed by atoms with Crippen LogP contribution in [0.2, 0.25) is 0 Å². The average molecular weight is 342 g/mol. The lowest BCUT2D eigenvalue weighted by Gasteiger charge is -2.40. The molecule has 4 N–H and O–H groups in total. The largest absolute Gasteiger partial charge is 0.632 e. The number of quaternary nitrogens is 2. The third kappa shape index (κ3) is 2.83. The zero-order valence-corrected chi connectivity index (χ0v) is 13.6. The van der Waals surface area contributed by atoms with Crippen molar-refractivity contribution in [2.24, 2.45) is 0 Å². The number of nitrogens with zero attached hydrogens (tertiary/aromatic N) is 2. The summed E-state index contributed by atoms with van der Waals surface area (Å²) in [6, 6.07) is -0.759. The number of aliphatic hydroxyl groups excluding tert-OH is 4. The fourth-order valence-corrected chi connectivity index (χ4v) is 4.53. The Kier molecular flexibility index (Phi) is 4.84. The average Bonchev–Trinajstić information content (AvgIpc) is 3.24. The highest BCUT2D eigenvalue weighted by Crippen LogP contribution is 2.36. The van der Waals surface area contributed by atoms with Crippen molar-refractivity contribution >= 4 is 0 Å². The topological polar surface area (TPSA) is 127 Å². The minimum absolute atomic E-state index is 0.0933. The molecule has 0 aliphatic carbocycles. The van der Waals surface area contributed by atoms with Crippen LogP contribution in [0.5, 0.6) is 0 Å². The summed E-state index contributed by atoms with van der Waals surface area (Å²) in [4.78, 5) is 0. The SMILES string of the molecule is [O-][N+]12CC=C(CO)C1C(O)CC2.[O-][N+]12CC=C(CO)C1C(O)CC2. The van der Waals surface area contributed by atoms with Crippen LogP contribution in [0.3, 0.4) is 0 Å². The van der Waals surface area contributed by atoms with E-state index in [1.165, 1.54) is 0 Å². The molecule has 0 amide bonds. The lowest BCUT2D eigenvalue weighted by Crippen LogP contribution is -2.46. The second-order valence-corrected chi connectivity index (χ2v) is 7.19. The second kappa shape index (κ2) is 6.47. The van der Waals surface area contributed by atoms with Crippen molar-refractivity contribution in [2.75, 3.05) is 39.4 Å². The molecule has 0 radical (unpaired) electrons. The quantitative estimate of drug-likeness (QED) is 0.282. The Morgan fingerprint density at radius 2 is 1.21 bits per heavy atom. The standard InChI is InChI=1S/2C8H13NO3/c2*10-5-6-1-3-9(12)4-2-7(11)8(6)9/h2*1,7-8,10-11H,2-5H2. The first-order valence-electron chi connectivity index (χ1n) is 8.46. The highest BCUT2D eigenvalue weighted by molar-refractivity contribution is 5.18. The molecule has 6 atom stereocenters. The molecule has 136 valence electrons. The highest BCUT2D eigenvalue weighted by atomic mass is 16.6. The monoisotopic (exact) mass is 342 g/mol. The Labute approximate surface area is 140 Å². The Hall–Kier alpha value is -0.840. The Bertz CT molecular complexity index is 505. The lowest BCUT2D eigenvalue weighted by molar-refractivity contribution is -0.877. The van der Waals surface area contributed by atoms with Gasteiger partial charge in [0.05, 0.1) is 39.4 Å². The number of fused-ring (bicyclic) bond motifs is 2. The number of hydrogen-bond acceptors (Lipinski definition) is 6. The van der Waals surface area contributed by atoms with Gasteiger partial charge in [0.15, 0.2) is 0 Å². The van der Waals surface area contributed by atoms with Crippen molar-refractivity contribution in [2.45, 2.75) is 37.1 Å². The maximum atomic E-state index is 11.9. The molecule has 0 saturated carbocycles. The molecule has 0 aromatic heterocycles. The maximum absolute atomic E-state index is 11.9. The molecule has 0 aromatic carbocycles. The number of hydroxylamine groups is 6. The molecule has 4 aliphatic rings. The first-order chi connectivity index (χ1) is 11.3. The lowest BCUT2D eigenvalue weighted by atomic mass is 10.1. The number of hydrogen-bond donors (Lipinski definition) is 4. The summed E-state index contributed by atoms with van der Waals surface area (Å²) in [5.74, 6) is 0. The summed E-state index contributed by atoms with van der Waals surface area (Å²) in [5, 5.41) is 60.5. The molecule has 4 heterocycles. The van der Waals surface area contributed by atoms with Crippen LogP contribution in [0.15, 0.2) is 23.3 Å². The third-order valence-corrected chi connectivity index (χ3v) is 5.80. The first-order valence-corrected chi connectivity index (χ1v) is 8.46. The van der Waals surface area contributed by atoms with Crippen molar-refractivity contribution in [1.82, 2.24) is 0 Å². The minimum atomic E-state index is -0.552. The van der Waals surface area contributed by atoms with E-state index < -0.39 is 12.2 Å². The molecular weight excluding hydrogens is 316 g/mol. The van der Waals surface area contributed by atoms with Crippen molar-refractivity contribution in [3.05, 3.63) is 33.7 Å². The smallest absolute Gasteiger partial charge is 0.139 e. The molecule has 4 aliphatic heterocycles. The van der Waals surface area contributed by atoms with E-state index in [4.69, 9.17) is 10.2 Å². The van der Waals surface area contributed by atoms with Crippen LogP contribution in [0, 0.1) is 10.4 Å². The maximum Gasteiger partial charge on any atom is 0.139 e. The zero-order valence-electron chi connectivity index (χ0n) is 13.6. The molecule has 0 bridgehead atoms. The van der Waals surface area contributed by atoms with Crippen LogP contribution < -0.4 is 0 Å². The predicted octanol–water partition coefficient (Wildman–Crippen LogP) is -1.27. The normalized spacial score (nSPS) is 46.1. The summed E-state index contributed by atoms with van der Waals surface area (Å²) in [7, 11) is 0. The van der Waals surface area contributed by atoms with E-state index in [2.05, 4.69) is 0 Å². The van der Waals surface area contributed by atoms with Crippen molar-refractivity contribution in [3.63, 3.8) is 0 Å². The van der Waals surface area contributed by atoms with E-state index in [1.54, 1.807) is 12.2 Å². The molecule has 6 unspecified atom stereocenters. The van der Waals surface area contributed by atoms with Gasteiger partial charge < -0.3 is 40.1 Å². The van der Waals surface area contributed by atoms with E-state index >= 15 is 0 Å². The van der Waals surface area contributed by atoms with Gasteiger partial charge in [-0.15, -0.1) is 0 Å².